The van der Waals surface area contributed by atoms with Crippen molar-refractivity contribution in [3.8, 4) is 29.1 Å². The second-order valence-corrected chi connectivity index (χ2v) is 8.72. The van der Waals surface area contributed by atoms with Crippen molar-refractivity contribution in [1.29, 1.82) is 5.26 Å². The van der Waals surface area contributed by atoms with E-state index in [1.54, 1.807) is 28.4 Å². The Morgan fingerprint density at radius 1 is 0.818 bits per heavy atom. The lowest BCUT2D eigenvalue weighted by Gasteiger charge is -2.32. The van der Waals surface area contributed by atoms with Gasteiger partial charge in [-0.05, 0) is 74.2 Å². The van der Waals surface area contributed by atoms with Gasteiger partial charge in [0.1, 0.15) is 23.0 Å². The van der Waals surface area contributed by atoms with E-state index in [-0.39, 0.29) is 5.92 Å². The lowest BCUT2D eigenvalue weighted by atomic mass is 9.69. The number of rotatable bonds is 13. The molecule has 0 spiro atoms. The third-order valence-corrected chi connectivity index (χ3v) is 6.36. The summed E-state index contributed by atoms with van der Waals surface area (Å²) in [6, 6.07) is 14.4. The summed E-state index contributed by atoms with van der Waals surface area (Å²) in [7, 11) is 8.72. The number of hydrogen-bond donors (Lipinski definition) is 0. The Labute approximate surface area is 199 Å². The van der Waals surface area contributed by atoms with Crippen molar-refractivity contribution >= 4 is 0 Å². The van der Waals surface area contributed by atoms with Gasteiger partial charge in [0.2, 0.25) is 0 Å². The molecular formula is C27H38N2O4. The van der Waals surface area contributed by atoms with E-state index < -0.39 is 5.41 Å². The molecule has 0 saturated carbocycles. The Morgan fingerprint density at radius 2 is 1.30 bits per heavy atom. The summed E-state index contributed by atoms with van der Waals surface area (Å²) in [6.07, 6.45) is 2.56. The lowest BCUT2D eigenvalue weighted by Crippen LogP contribution is -2.32. The zero-order chi connectivity index (χ0) is 24.4. The molecule has 180 valence electrons. The second kappa shape index (κ2) is 12.4. The van der Waals surface area contributed by atoms with Crippen molar-refractivity contribution in [3.63, 3.8) is 0 Å². The van der Waals surface area contributed by atoms with E-state index in [0.29, 0.717) is 11.5 Å². The van der Waals surface area contributed by atoms with Crippen LogP contribution in [0.15, 0.2) is 36.4 Å². The highest BCUT2D eigenvalue weighted by Crippen LogP contribution is 2.40. The number of nitriles is 1. The van der Waals surface area contributed by atoms with Crippen LogP contribution in [0.2, 0.25) is 0 Å². The molecule has 6 nitrogen and oxygen atoms in total. The van der Waals surface area contributed by atoms with E-state index in [4.69, 9.17) is 18.9 Å². The maximum atomic E-state index is 10.3. The van der Waals surface area contributed by atoms with Crippen LogP contribution in [0.3, 0.4) is 0 Å². The van der Waals surface area contributed by atoms with Gasteiger partial charge in [-0.3, -0.25) is 0 Å². The van der Waals surface area contributed by atoms with Gasteiger partial charge in [-0.2, -0.15) is 5.26 Å². The van der Waals surface area contributed by atoms with E-state index >= 15 is 0 Å². The van der Waals surface area contributed by atoms with Crippen molar-refractivity contribution in [2.45, 2.75) is 38.5 Å². The molecule has 0 aliphatic carbocycles. The minimum absolute atomic E-state index is 0.147. The van der Waals surface area contributed by atoms with Gasteiger partial charge in [0.25, 0.3) is 0 Å². The molecule has 0 bridgehead atoms. The van der Waals surface area contributed by atoms with Crippen molar-refractivity contribution in [1.82, 2.24) is 4.90 Å². The number of ether oxygens (including phenoxy) is 4. The Morgan fingerprint density at radius 3 is 1.73 bits per heavy atom. The van der Waals surface area contributed by atoms with Crippen LogP contribution < -0.4 is 18.9 Å². The Hall–Kier alpha value is -2.91. The molecular weight excluding hydrogens is 416 g/mol. The van der Waals surface area contributed by atoms with Gasteiger partial charge < -0.3 is 23.8 Å². The third kappa shape index (κ3) is 6.79. The lowest BCUT2D eigenvalue weighted by molar-refractivity contribution is 0.292. The van der Waals surface area contributed by atoms with Crippen LogP contribution in [0, 0.1) is 17.2 Å². The van der Waals surface area contributed by atoms with Crippen LogP contribution >= 0.6 is 0 Å². The molecule has 33 heavy (non-hydrogen) atoms. The number of benzene rings is 2. The summed E-state index contributed by atoms with van der Waals surface area (Å²) in [6.45, 7) is 6.02. The third-order valence-electron chi connectivity index (χ3n) is 6.36. The number of likely N-dealkylation sites (N-methyl/N-ethyl adjacent to an activating group) is 1. The van der Waals surface area contributed by atoms with E-state index in [0.717, 1.165) is 49.4 Å². The molecule has 2 aromatic carbocycles. The van der Waals surface area contributed by atoms with Crippen LogP contribution in [0.4, 0.5) is 0 Å². The van der Waals surface area contributed by atoms with Crippen molar-refractivity contribution < 1.29 is 18.9 Å². The van der Waals surface area contributed by atoms with Gasteiger partial charge in [0.15, 0.2) is 0 Å². The molecule has 0 aliphatic rings. The highest BCUT2D eigenvalue weighted by molar-refractivity contribution is 5.45. The summed E-state index contributed by atoms with van der Waals surface area (Å²) < 4.78 is 21.7. The molecule has 1 atom stereocenters. The number of methoxy groups -OCH3 is 4. The number of nitrogens with zero attached hydrogens (tertiary/aromatic N) is 2. The number of hydrogen-bond acceptors (Lipinski definition) is 6. The zero-order valence-corrected chi connectivity index (χ0v) is 21.1. The van der Waals surface area contributed by atoms with Crippen molar-refractivity contribution in [3.05, 3.63) is 47.5 Å². The first-order valence-corrected chi connectivity index (χ1v) is 11.4. The molecule has 0 unspecified atom stereocenters. The molecule has 0 saturated heterocycles. The summed E-state index contributed by atoms with van der Waals surface area (Å²) in [5.74, 6) is 3.16. The van der Waals surface area contributed by atoms with E-state index in [9.17, 15) is 5.26 Å². The molecule has 0 fully saturated rings. The van der Waals surface area contributed by atoms with Gasteiger partial charge in [-0.1, -0.05) is 13.8 Å². The van der Waals surface area contributed by atoms with E-state index in [1.807, 2.05) is 36.4 Å². The fraction of sp³-hybridized carbons (Fsp3) is 0.519. The van der Waals surface area contributed by atoms with Crippen LogP contribution in [-0.4, -0.2) is 53.5 Å². The van der Waals surface area contributed by atoms with Gasteiger partial charge >= 0.3 is 0 Å². The Kier molecular flexibility index (Phi) is 9.87. The van der Waals surface area contributed by atoms with Gasteiger partial charge in [-0.15, -0.1) is 0 Å². The van der Waals surface area contributed by atoms with Gasteiger partial charge in [0, 0.05) is 18.7 Å². The van der Waals surface area contributed by atoms with Crippen LogP contribution in [0.5, 0.6) is 23.0 Å². The van der Waals surface area contributed by atoms with Crippen molar-refractivity contribution in [2.24, 2.45) is 5.92 Å². The largest absolute Gasteiger partial charge is 0.497 e. The molecule has 0 amide bonds. The summed E-state index contributed by atoms with van der Waals surface area (Å²) in [5.41, 5.74) is 1.51. The maximum absolute atomic E-state index is 10.3. The summed E-state index contributed by atoms with van der Waals surface area (Å²) in [4.78, 5) is 2.31. The molecule has 0 N–H and O–H groups in total. The first-order chi connectivity index (χ1) is 15.8. The first kappa shape index (κ1) is 26.3. The topological polar surface area (TPSA) is 64.0 Å². The molecule has 6 heteroatoms. The van der Waals surface area contributed by atoms with Crippen LogP contribution in [0.1, 0.15) is 37.8 Å². The Bertz CT molecular complexity index is 894. The molecule has 0 aromatic heterocycles. The average Bonchev–Trinajstić information content (AvgIpc) is 2.84. The fourth-order valence-electron chi connectivity index (χ4n) is 4.15. The fourth-order valence-corrected chi connectivity index (χ4v) is 4.15. The van der Waals surface area contributed by atoms with Gasteiger partial charge in [-0.25, -0.2) is 0 Å². The minimum atomic E-state index is -0.608. The smallest absolute Gasteiger partial charge is 0.122 e. The molecule has 0 aliphatic heterocycles. The SMILES string of the molecule is COc1cc(CCN(C)CCC[C@@](C#N)(c2cc(OC)cc(OC)c2)C(C)C)cc(OC)c1. The van der Waals surface area contributed by atoms with Crippen molar-refractivity contribution in [2.75, 3.05) is 48.6 Å². The zero-order valence-electron chi connectivity index (χ0n) is 21.1. The predicted octanol–water partition coefficient (Wildman–Crippen LogP) is 5.09. The monoisotopic (exact) mass is 454 g/mol. The average molecular weight is 455 g/mol. The van der Waals surface area contributed by atoms with E-state index in [2.05, 4.69) is 31.9 Å². The molecule has 0 radical (unpaired) electrons. The standard InChI is InChI=1S/C27H38N2O4/c1-20(2)27(19-28,22-15-25(32-6)18-26(16-22)33-7)10-8-11-29(3)12-9-21-13-23(30-4)17-24(14-21)31-5/h13-18,20H,8-12H2,1-7H3/t27-/m0/s1. The Balaban J connectivity index is 2.06. The van der Waals surface area contributed by atoms with Crippen LogP contribution in [-0.2, 0) is 11.8 Å². The second-order valence-electron chi connectivity index (χ2n) is 8.72. The summed E-state index contributed by atoms with van der Waals surface area (Å²) in [5, 5.41) is 10.3. The highest BCUT2D eigenvalue weighted by Gasteiger charge is 2.36. The minimum Gasteiger partial charge on any atom is -0.497 e. The quantitative estimate of drug-likeness (QED) is 0.420. The molecule has 0 heterocycles. The van der Waals surface area contributed by atoms with E-state index in [1.165, 1.54) is 5.56 Å². The predicted molar refractivity (Wildman–Crippen MR) is 132 cm³/mol. The summed E-state index contributed by atoms with van der Waals surface area (Å²) >= 11 is 0. The normalized spacial score (nSPS) is 12.8. The highest BCUT2D eigenvalue weighted by atomic mass is 16.5. The first-order valence-electron chi connectivity index (χ1n) is 11.4. The van der Waals surface area contributed by atoms with Crippen LogP contribution in [0.25, 0.3) is 0 Å². The molecule has 2 rings (SSSR count). The van der Waals surface area contributed by atoms with Gasteiger partial charge in [0.05, 0.1) is 39.9 Å². The maximum Gasteiger partial charge on any atom is 0.122 e. The molecule has 2 aromatic rings.